The van der Waals surface area contributed by atoms with E-state index in [2.05, 4.69) is 10.3 Å². The highest BCUT2D eigenvalue weighted by Crippen LogP contribution is 2.31. The summed E-state index contributed by atoms with van der Waals surface area (Å²) < 4.78 is 10.7. The molecule has 24 heavy (non-hydrogen) atoms. The number of halogens is 2. The van der Waals surface area contributed by atoms with Crippen molar-refractivity contribution in [3.63, 3.8) is 0 Å². The van der Waals surface area contributed by atoms with Gasteiger partial charge in [0.15, 0.2) is 18.1 Å². The van der Waals surface area contributed by atoms with E-state index >= 15 is 0 Å². The van der Waals surface area contributed by atoms with Crippen LogP contribution in [0.3, 0.4) is 0 Å². The van der Waals surface area contributed by atoms with Crippen molar-refractivity contribution in [2.24, 2.45) is 5.73 Å². The van der Waals surface area contributed by atoms with E-state index in [-0.39, 0.29) is 31.4 Å². The minimum absolute atomic E-state index is 0. The highest BCUT2D eigenvalue weighted by Gasteiger charge is 2.11. The van der Waals surface area contributed by atoms with Crippen molar-refractivity contribution in [1.82, 2.24) is 10.3 Å². The van der Waals surface area contributed by atoms with Crippen LogP contribution in [0.2, 0.25) is 0 Å². The largest absolute Gasteiger partial charge is 1.00 e. The van der Waals surface area contributed by atoms with Crippen molar-refractivity contribution in [2.45, 2.75) is 13.1 Å². The van der Waals surface area contributed by atoms with Gasteiger partial charge in [0.05, 0.1) is 7.11 Å². The van der Waals surface area contributed by atoms with Gasteiger partial charge in [-0.1, -0.05) is 18.2 Å². The predicted octanol–water partition coefficient (Wildman–Crippen LogP) is -4.75. The minimum Gasteiger partial charge on any atom is -1.00 e. The summed E-state index contributed by atoms with van der Waals surface area (Å²) in [5, 5.41) is 3.31. The number of hydrogen-bond donors (Lipinski definition) is 2. The summed E-state index contributed by atoms with van der Waals surface area (Å²) in [6.07, 6.45) is 3.55. The number of para-hydroxylation sites is 1. The van der Waals surface area contributed by atoms with Crippen molar-refractivity contribution in [2.75, 3.05) is 13.7 Å². The predicted molar refractivity (Wildman–Crippen MR) is 82.5 cm³/mol. The number of amides is 1. The number of carbonyl (C=O) groups excluding carboxylic acids is 1. The molecule has 132 valence electrons. The molecule has 0 saturated heterocycles. The third-order valence-corrected chi connectivity index (χ3v) is 3.01. The Morgan fingerprint density at radius 3 is 2.62 bits per heavy atom. The summed E-state index contributed by atoms with van der Waals surface area (Å²) in [7, 11) is 1.55. The Bertz CT molecular complexity index is 627. The Morgan fingerprint density at radius 1 is 1.21 bits per heavy atom. The summed E-state index contributed by atoms with van der Waals surface area (Å²) in [5.41, 5.74) is 7.11. The van der Waals surface area contributed by atoms with E-state index in [0.717, 1.165) is 11.1 Å². The lowest BCUT2D eigenvalue weighted by atomic mass is 10.1. The van der Waals surface area contributed by atoms with E-state index in [1.54, 1.807) is 19.4 Å². The first kappa shape index (κ1) is 22.0. The average Bonchev–Trinajstić information content (AvgIpc) is 2.54. The number of nitrogens with one attached hydrogen (secondary N) is 1. The van der Waals surface area contributed by atoms with Crippen LogP contribution in [0.25, 0.3) is 0 Å². The monoisotopic (exact) mass is 371 g/mol. The lowest BCUT2D eigenvalue weighted by Crippen LogP contribution is -3.00. The van der Waals surface area contributed by atoms with Gasteiger partial charge < -0.3 is 45.3 Å². The Morgan fingerprint density at radius 2 is 2.00 bits per heavy atom. The summed E-state index contributed by atoms with van der Waals surface area (Å²) >= 11 is 0. The number of rotatable bonds is 8. The van der Waals surface area contributed by atoms with Gasteiger partial charge in [-0.25, -0.2) is 0 Å². The van der Waals surface area contributed by atoms with Crippen LogP contribution in [0, 0.1) is 0 Å². The molecule has 2 aromatic rings. The molecular formula is C16H19Cl2N3O3-2. The van der Waals surface area contributed by atoms with Gasteiger partial charge in [0.1, 0.15) is 0 Å². The summed E-state index contributed by atoms with van der Waals surface area (Å²) in [6, 6.07) is 9.45. The number of hydrogen-bond acceptors (Lipinski definition) is 5. The molecule has 1 amide bonds. The fraction of sp³-hybridized carbons (Fsp3) is 0.250. The van der Waals surface area contributed by atoms with Crippen LogP contribution in [0.15, 0.2) is 42.7 Å². The van der Waals surface area contributed by atoms with Crippen molar-refractivity contribution in [1.29, 1.82) is 0 Å². The van der Waals surface area contributed by atoms with E-state index in [9.17, 15) is 4.79 Å². The molecule has 1 heterocycles. The molecule has 6 nitrogen and oxygen atoms in total. The number of nitrogens with zero attached hydrogens (tertiary/aromatic N) is 1. The van der Waals surface area contributed by atoms with Gasteiger partial charge in [0.2, 0.25) is 0 Å². The van der Waals surface area contributed by atoms with Gasteiger partial charge in [-0.15, -0.1) is 0 Å². The van der Waals surface area contributed by atoms with Gasteiger partial charge in [-0.05, 0) is 17.7 Å². The molecule has 0 fully saturated rings. The number of nitrogens with two attached hydrogens (primary N) is 1. The number of methoxy groups -OCH3 is 1. The number of ether oxygens (including phenoxy) is 2. The third-order valence-electron chi connectivity index (χ3n) is 3.01. The quantitative estimate of drug-likeness (QED) is 0.486. The molecule has 0 aliphatic carbocycles. The lowest BCUT2D eigenvalue weighted by molar-refractivity contribution is -0.120. The van der Waals surface area contributed by atoms with Crippen LogP contribution in [-0.4, -0.2) is 24.6 Å². The zero-order chi connectivity index (χ0) is 15.8. The van der Waals surface area contributed by atoms with Crippen LogP contribution in [0.4, 0.5) is 0 Å². The van der Waals surface area contributed by atoms with Crippen molar-refractivity contribution >= 4 is 5.91 Å². The Kier molecular flexibility index (Phi) is 10.5. The number of pyridine rings is 1. The Labute approximate surface area is 153 Å². The molecular weight excluding hydrogens is 353 g/mol. The topological polar surface area (TPSA) is 86.5 Å². The standard InChI is InChI=1S/C16H19N3O3.2ClH/c1-21-14-6-2-5-13(16(14)22-11-15(17)20)10-19-9-12-4-3-7-18-8-12;;/h2-8,19H,9-11H2,1H3,(H2,17,20);2*1H/p-2. The van der Waals surface area contributed by atoms with E-state index in [0.29, 0.717) is 24.6 Å². The first-order valence-corrected chi connectivity index (χ1v) is 6.87. The van der Waals surface area contributed by atoms with E-state index in [1.807, 2.05) is 30.5 Å². The minimum atomic E-state index is -0.528. The maximum absolute atomic E-state index is 10.9. The van der Waals surface area contributed by atoms with Gasteiger partial charge in [0.25, 0.3) is 5.91 Å². The second-order valence-electron chi connectivity index (χ2n) is 4.67. The highest BCUT2D eigenvalue weighted by atomic mass is 35.5. The first-order valence-electron chi connectivity index (χ1n) is 6.87. The highest BCUT2D eigenvalue weighted by molar-refractivity contribution is 5.75. The maximum atomic E-state index is 10.9. The Hall–Kier alpha value is -2.02. The van der Waals surface area contributed by atoms with Crippen molar-refractivity contribution in [3.8, 4) is 11.5 Å². The Balaban J connectivity index is 0.00000264. The second kappa shape index (κ2) is 11.5. The molecule has 0 saturated carbocycles. The number of aromatic nitrogens is 1. The summed E-state index contributed by atoms with van der Waals surface area (Å²) in [6.45, 7) is 1.07. The van der Waals surface area contributed by atoms with E-state index < -0.39 is 5.91 Å². The van der Waals surface area contributed by atoms with Crippen LogP contribution >= 0.6 is 0 Å². The van der Waals surface area contributed by atoms with Gasteiger partial charge in [-0.3, -0.25) is 9.78 Å². The van der Waals surface area contributed by atoms with Gasteiger partial charge in [0, 0.05) is 31.0 Å². The third kappa shape index (κ3) is 6.62. The second-order valence-corrected chi connectivity index (χ2v) is 4.67. The van der Waals surface area contributed by atoms with Crippen LogP contribution in [-0.2, 0) is 17.9 Å². The first-order chi connectivity index (χ1) is 10.7. The summed E-state index contributed by atoms with van der Waals surface area (Å²) in [4.78, 5) is 15.0. The molecule has 0 unspecified atom stereocenters. The molecule has 8 heteroatoms. The summed E-state index contributed by atoms with van der Waals surface area (Å²) in [5.74, 6) is 0.574. The molecule has 0 spiro atoms. The fourth-order valence-corrected chi connectivity index (χ4v) is 2.01. The molecule has 0 aliphatic rings. The number of carbonyl (C=O) groups is 1. The zero-order valence-corrected chi connectivity index (χ0v) is 14.7. The smallest absolute Gasteiger partial charge is 0.255 e. The van der Waals surface area contributed by atoms with Crippen LogP contribution in [0.5, 0.6) is 11.5 Å². The van der Waals surface area contributed by atoms with Crippen molar-refractivity contribution < 1.29 is 39.1 Å². The van der Waals surface area contributed by atoms with Crippen LogP contribution < -0.4 is 45.3 Å². The fourth-order valence-electron chi connectivity index (χ4n) is 2.01. The molecule has 0 atom stereocenters. The molecule has 0 bridgehead atoms. The molecule has 3 N–H and O–H groups in total. The van der Waals surface area contributed by atoms with Gasteiger partial charge >= 0.3 is 0 Å². The van der Waals surface area contributed by atoms with E-state index in [4.69, 9.17) is 15.2 Å². The average molecular weight is 372 g/mol. The normalized spacial score (nSPS) is 9.38. The zero-order valence-electron chi connectivity index (χ0n) is 13.2. The van der Waals surface area contributed by atoms with Crippen LogP contribution in [0.1, 0.15) is 11.1 Å². The van der Waals surface area contributed by atoms with E-state index in [1.165, 1.54) is 0 Å². The SMILES string of the molecule is COc1cccc(CNCc2cccnc2)c1OCC(N)=O.[Cl-].[Cl-]. The number of benzene rings is 1. The molecule has 0 radical (unpaired) electrons. The van der Waals surface area contributed by atoms with Gasteiger partial charge in [-0.2, -0.15) is 0 Å². The number of primary amides is 1. The molecule has 1 aromatic heterocycles. The molecule has 2 rings (SSSR count). The maximum Gasteiger partial charge on any atom is 0.255 e. The van der Waals surface area contributed by atoms with Crippen molar-refractivity contribution in [3.05, 3.63) is 53.9 Å². The molecule has 1 aromatic carbocycles. The lowest BCUT2D eigenvalue weighted by Gasteiger charge is -2.14. The molecule has 0 aliphatic heterocycles.